The van der Waals surface area contributed by atoms with Crippen molar-refractivity contribution in [3.8, 4) is 6.07 Å². The molecule has 46 valence electrons. The molecule has 1 saturated carbocycles. The quantitative estimate of drug-likeness (QED) is 0.398. The van der Waals surface area contributed by atoms with Crippen LogP contribution in [0.2, 0.25) is 0 Å². The maximum atomic E-state index is 8.53. The van der Waals surface area contributed by atoms with Crippen LogP contribution >= 0.6 is 0 Å². The lowest BCUT2D eigenvalue weighted by Crippen LogP contribution is -2.01. The summed E-state index contributed by atoms with van der Waals surface area (Å²) in [6.07, 6.45) is 2.56. The molecular formula is C7H8N2. The number of rotatable bonds is 2. The zero-order valence-corrected chi connectivity index (χ0v) is 5.17. The summed E-state index contributed by atoms with van der Waals surface area (Å²) >= 11 is 0. The third-order valence-corrected chi connectivity index (χ3v) is 1.74. The summed E-state index contributed by atoms with van der Waals surface area (Å²) in [6.45, 7) is 6.92. The third kappa shape index (κ3) is 0.655. The summed E-state index contributed by atoms with van der Waals surface area (Å²) in [7, 11) is 0. The second-order valence-corrected chi connectivity index (χ2v) is 2.24. The Labute approximate surface area is 54.5 Å². The summed E-state index contributed by atoms with van der Waals surface area (Å²) in [5, 5.41) is 8.53. The van der Waals surface area contributed by atoms with E-state index in [1.807, 2.05) is 0 Å². The van der Waals surface area contributed by atoms with Gasteiger partial charge in [-0.2, -0.15) is 5.26 Å². The van der Waals surface area contributed by atoms with Crippen molar-refractivity contribution in [2.75, 3.05) is 0 Å². The van der Waals surface area contributed by atoms with Crippen molar-refractivity contribution in [3.05, 3.63) is 12.7 Å². The fourth-order valence-electron chi connectivity index (χ4n) is 0.900. The first kappa shape index (κ1) is 6.03. The first-order chi connectivity index (χ1) is 4.29. The molecule has 0 aromatic heterocycles. The van der Waals surface area contributed by atoms with E-state index in [0.29, 0.717) is 0 Å². The van der Waals surface area contributed by atoms with E-state index in [0.717, 1.165) is 6.42 Å². The van der Waals surface area contributed by atoms with Gasteiger partial charge in [-0.15, -0.1) is 6.58 Å². The summed E-state index contributed by atoms with van der Waals surface area (Å²) in [5.74, 6) is 0.250. The molecule has 0 N–H and O–H groups in total. The van der Waals surface area contributed by atoms with Gasteiger partial charge in [0.15, 0.2) is 5.54 Å². The van der Waals surface area contributed by atoms with E-state index in [4.69, 9.17) is 5.26 Å². The van der Waals surface area contributed by atoms with Crippen LogP contribution in [0, 0.1) is 17.2 Å². The average Bonchev–Trinajstić information content (AvgIpc) is 2.63. The van der Waals surface area contributed by atoms with Gasteiger partial charge in [0, 0.05) is 5.92 Å². The molecular weight excluding hydrogens is 112 g/mol. The highest BCUT2D eigenvalue weighted by molar-refractivity contribution is 5.37. The fraction of sp³-hybridized carbons (Fsp3) is 0.429. The van der Waals surface area contributed by atoms with Crippen molar-refractivity contribution >= 4 is 6.72 Å². The normalized spacial score (nSPS) is 38.8. The van der Waals surface area contributed by atoms with Crippen molar-refractivity contribution in [1.29, 1.82) is 5.26 Å². The molecule has 1 rings (SSSR count). The Hall–Kier alpha value is -1.10. The van der Waals surface area contributed by atoms with Gasteiger partial charge >= 0.3 is 0 Å². The highest BCUT2D eigenvalue weighted by atomic mass is 14.9. The van der Waals surface area contributed by atoms with Gasteiger partial charge in [0.2, 0.25) is 0 Å². The van der Waals surface area contributed by atoms with Crippen LogP contribution in [0.3, 0.4) is 0 Å². The van der Waals surface area contributed by atoms with Gasteiger partial charge in [-0.25, -0.2) is 0 Å². The Morgan fingerprint density at radius 2 is 2.56 bits per heavy atom. The predicted octanol–water partition coefficient (Wildman–Crippen LogP) is 1.16. The summed E-state index contributed by atoms with van der Waals surface area (Å²) < 4.78 is 0. The fourth-order valence-corrected chi connectivity index (χ4v) is 0.900. The smallest absolute Gasteiger partial charge is 0.153 e. The van der Waals surface area contributed by atoms with Crippen LogP contribution < -0.4 is 0 Å². The maximum Gasteiger partial charge on any atom is 0.153 e. The van der Waals surface area contributed by atoms with Crippen molar-refractivity contribution in [2.45, 2.75) is 12.0 Å². The minimum absolute atomic E-state index is 0.250. The molecule has 2 nitrogen and oxygen atoms in total. The van der Waals surface area contributed by atoms with Gasteiger partial charge in [-0.05, 0) is 13.1 Å². The maximum absolute atomic E-state index is 8.53. The number of nitrogens with zero attached hydrogens (tertiary/aromatic N) is 2. The predicted molar refractivity (Wildman–Crippen MR) is 36.2 cm³/mol. The molecule has 0 spiro atoms. The standard InChI is InChI=1S/C7H8N2/c1-3-6-4-7(6,5-8)9-2/h3,6H,1-2,4H2. The third-order valence-electron chi connectivity index (χ3n) is 1.74. The zero-order chi connectivity index (χ0) is 6.91. The first-order valence-electron chi connectivity index (χ1n) is 2.81. The molecule has 0 aliphatic heterocycles. The summed E-state index contributed by atoms with van der Waals surface area (Å²) in [5.41, 5.74) is -0.498. The highest BCUT2D eigenvalue weighted by Crippen LogP contribution is 2.46. The van der Waals surface area contributed by atoms with Crippen molar-refractivity contribution in [3.63, 3.8) is 0 Å². The molecule has 0 bridgehead atoms. The topological polar surface area (TPSA) is 36.1 Å². The van der Waals surface area contributed by atoms with Gasteiger partial charge in [-0.3, -0.25) is 4.99 Å². The lowest BCUT2D eigenvalue weighted by Gasteiger charge is -1.93. The van der Waals surface area contributed by atoms with Gasteiger partial charge in [0.25, 0.3) is 0 Å². The van der Waals surface area contributed by atoms with E-state index in [2.05, 4.69) is 24.4 Å². The van der Waals surface area contributed by atoms with Crippen molar-refractivity contribution in [2.24, 2.45) is 10.9 Å². The number of nitriles is 1. The Morgan fingerprint density at radius 1 is 1.89 bits per heavy atom. The second-order valence-electron chi connectivity index (χ2n) is 2.24. The summed E-state index contributed by atoms with van der Waals surface area (Å²) in [4.78, 5) is 3.72. The molecule has 0 radical (unpaired) electrons. The number of aliphatic imine (C=N–C) groups is 1. The largest absolute Gasteiger partial charge is 0.278 e. The minimum atomic E-state index is -0.498. The molecule has 2 unspecified atom stereocenters. The van der Waals surface area contributed by atoms with E-state index in [9.17, 15) is 0 Å². The van der Waals surface area contributed by atoms with E-state index in [1.54, 1.807) is 6.08 Å². The average molecular weight is 120 g/mol. The molecule has 0 aromatic carbocycles. The Morgan fingerprint density at radius 3 is 2.67 bits per heavy atom. The first-order valence-corrected chi connectivity index (χ1v) is 2.81. The van der Waals surface area contributed by atoms with Crippen LogP contribution in [0.15, 0.2) is 17.6 Å². The summed E-state index contributed by atoms with van der Waals surface area (Å²) in [6, 6.07) is 2.10. The Kier molecular flexibility index (Phi) is 1.14. The molecule has 0 aromatic rings. The molecule has 1 fully saturated rings. The lowest BCUT2D eigenvalue weighted by molar-refractivity contribution is 0.825. The van der Waals surface area contributed by atoms with Gasteiger partial charge in [0.05, 0.1) is 6.07 Å². The van der Waals surface area contributed by atoms with E-state index in [1.165, 1.54) is 0 Å². The Bertz CT molecular complexity index is 190. The Balaban J connectivity index is 2.70. The van der Waals surface area contributed by atoms with Gasteiger partial charge in [0.1, 0.15) is 0 Å². The second kappa shape index (κ2) is 1.70. The monoisotopic (exact) mass is 120 g/mol. The van der Waals surface area contributed by atoms with E-state index in [-0.39, 0.29) is 5.92 Å². The van der Waals surface area contributed by atoms with E-state index < -0.39 is 5.54 Å². The number of hydrogen-bond acceptors (Lipinski definition) is 2. The molecule has 2 heteroatoms. The van der Waals surface area contributed by atoms with Crippen LogP contribution in [0.4, 0.5) is 0 Å². The minimum Gasteiger partial charge on any atom is -0.278 e. The molecule has 2 atom stereocenters. The van der Waals surface area contributed by atoms with Crippen molar-refractivity contribution in [1.82, 2.24) is 0 Å². The van der Waals surface area contributed by atoms with Crippen LogP contribution in [0.25, 0.3) is 0 Å². The lowest BCUT2D eigenvalue weighted by atomic mass is 10.2. The number of hydrogen-bond donors (Lipinski definition) is 0. The molecule has 0 heterocycles. The van der Waals surface area contributed by atoms with Crippen LogP contribution in [0.1, 0.15) is 6.42 Å². The molecule has 0 amide bonds. The SMILES string of the molecule is C=CC1CC1(C#N)N=C. The highest BCUT2D eigenvalue weighted by Gasteiger charge is 2.52. The van der Waals surface area contributed by atoms with Gasteiger partial charge in [-0.1, -0.05) is 6.08 Å². The van der Waals surface area contributed by atoms with Crippen LogP contribution in [-0.2, 0) is 0 Å². The van der Waals surface area contributed by atoms with E-state index >= 15 is 0 Å². The van der Waals surface area contributed by atoms with Gasteiger partial charge < -0.3 is 0 Å². The molecule has 1 aliphatic carbocycles. The molecule has 1 aliphatic rings. The zero-order valence-electron chi connectivity index (χ0n) is 5.17. The van der Waals surface area contributed by atoms with Crippen LogP contribution in [-0.4, -0.2) is 12.3 Å². The van der Waals surface area contributed by atoms with Crippen molar-refractivity contribution < 1.29 is 0 Å². The van der Waals surface area contributed by atoms with Crippen LogP contribution in [0.5, 0.6) is 0 Å². The molecule has 0 saturated heterocycles. The molecule has 9 heavy (non-hydrogen) atoms.